The first-order chi connectivity index (χ1) is 11.9. The zero-order chi connectivity index (χ0) is 17.7. The highest BCUT2D eigenvalue weighted by molar-refractivity contribution is 5.46. The molecule has 2 nitrogen and oxygen atoms in total. The SMILES string of the molecule is CN1CCC2(CC1)OC(c1ccccc1)c1ccc(C(F)(F)F)cc12. The maximum absolute atomic E-state index is 13.2. The molecule has 2 aromatic carbocycles. The highest BCUT2D eigenvalue weighted by Gasteiger charge is 2.47. The largest absolute Gasteiger partial charge is 0.416 e. The number of alkyl halides is 3. The second-order valence-corrected chi connectivity index (χ2v) is 7.01. The molecule has 0 aromatic heterocycles. The van der Waals surface area contributed by atoms with Crippen LogP contribution in [0.5, 0.6) is 0 Å². The first kappa shape index (κ1) is 16.6. The van der Waals surface area contributed by atoms with Gasteiger partial charge in [0.25, 0.3) is 0 Å². The van der Waals surface area contributed by atoms with E-state index in [2.05, 4.69) is 4.90 Å². The van der Waals surface area contributed by atoms with Crippen molar-refractivity contribution in [3.8, 4) is 0 Å². The van der Waals surface area contributed by atoms with Crippen molar-refractivity contribution < 1.29 is 17.9 Å². The van der Waals surface area contributed by atoms with Crippen LogP contribution in [-0.2, 0) is 16.5 Å². The number of halogens is 3. The Labute approximate surface area is 145 Å². The molecule has 4 rings (SSSR count). The summed E-state index contributed by atoms with van der Waals surface area (Å²) in [5.41, 5.74) is 1.35. The molecule has 1 spiro atoms. The number of nitrogens with zero attached hydrogens (tertiary/aromatic N) is 1. The molecule has 5 heteroatoms. The van der Waals surface area contributed by atoms with Crippen molar-refractivity contribution in [3.05, 3.63) is 70.8 Å². The molecule has 25 heavy (non-hydrogen) atoms. The van der Waals surface area contributed by atoms with Crippen LogP contribution in [-0.4, -0.2) is 25.0 Å². The summed E-state index contributed by atoms with van der Waals surface area (Å²) < 4.78 is 46.2. The first-order valence-corrected chi connectivity index (χ1v) is 8.52. The van der Waals surface area contributed by atoms with Crippen molar-refractivity contribution in [2.24, 2.45) is 0 Å². The van der Waals surface area contributed by atoms with Gasteiger partial charge >= 0.3 is 6.18 Å². The maximum Gasteiger partial charge on any atom is 0.416 e. The van der Waals surface area contributed by atoms with Crippen LogP contribution >= 0.6 is 0 Å². The van der Waals surface area contributed by atoms with Crippen LogP contribution < -0.4 is 0 Å². The minimum atomic E-state index is -4.34. The van der Waals surface area contributed by atoms with Gasteiger partial charge in [-0.15, -0.1) is 0 Å². The molecule has 2 aromatic rings. The molecule has 2 aliphatic heterocycles. The van der Waals surface area contributed by atoms with E-state index < -0.39 is 17.3 Å². The van der Waals surface area contributed by atoms with E-state index in [0.29, 0.717) is 18.4 Å². The molecular formula is C20H20F3NO. The van der Waals surface area contributed by atoms with Crippen molar-refractivity contribution >= 4 is 0 Å². The van der Waals surface area contributed by atoms with Gasteiger partial charge in [0.05, 0.1) is 11.2 Å². The highest BCUT2D eigenvalue weighted by Crippen LogP contribution is 2.52. The fourth-order valence-electron chi connectivity index (χ4n) is 3.95. The summed E-state index contributed by atoms with van der Waals surface area (Å²) in [6, 6.07) is 13.8. The van der Waals surface area contributed by atoms with Crippen LogP contribution in [0.2, 0.25) is 0 Å². The average molecular weight is 347 g/mol. The molecule has 0 amide bonds. The average Bonchev–Trinajstić information content (AvgIpc) is 2.92. The maximum atomic E-state index is 13.2. The zero-order valence-corrected chi connectivity index (χ0v) is 14.0. The lowest BCUT2D eigenvalue weighted by Crippen LogP contribution is -2.40. The van der Waals surface area contributed by atoms with Gasteiger partial charge in [0.1, 0.15) is 6.10 Å². The predicted molar refractivity (Wildman–Crippen MR) is 89.2 cm³/mol. The molecule has 1 unspecified atom stereocenters. The Morgan fingerprint density at radius 2 is 1.72 bits per heavy atom. The number of likely N-dealkylation sites (tertiary alicyclic amines) is 1. The smallest absolute Gasteiger partial charge is 0.358 e. The minimum Gasteiger partial charge on any atom is -0.358 e. The molecule has 0 saturated carbocycles. The van der Waals surface area contributed by atoms with E-state index >= 15 is 0 Å². The summed E-state index contributed by atoms with van der Waals surface area (Å²) in [4.78, 5) is 2.19. The summed E-state index contributed by atoms with van der Waals surface area (Å²) >= 11 is 0. The Kier molecular flexibility index (Phi) is 3.89. The van der Waals surface area contributed by atoms with Crippen molar-refractivity contribution in [1.29, 1.82) is 0 Å². The van der Waals surface area contributed by atoms with Gasteiger partial charge < -0.3 is 9.64 Å². The van der Waals surface area contributed by atoms with Crippen molar-refractivity contribution in [2.75, 3.05) is 20.1 Å². The van der Waals surface area contributed by atoms with Gasteiger partial charge in [-0.25, -0.2) is 0 Å². The number of benzene rings is 2. The molecule has 1 saturated heterocycles. The molecule has 0 N–H and O–H groups in total. The summed E-state index contributed by atoms with van der Waals surface area (Å²) in [6.07, 6.45) is -3.23. The summed E-state index contributed by atoms with van der Waals surface area (Å²) in [7, 11) is 2.03. The third-order valence-electron chi connectivity index (χ3n) is 5.39. The van der Waals surface area contributed by atoms with Gasteiger partial charge in [-0.3, -0.25) is 0 Å². The lowest BCUT2D eigenvalue weighted by molar-refractivity contribution is -0.137. The number of hydrogen-bond acceptors (Lipinski definition) is 2. The van der Waals surface area contributed by atoms with Gasteiger partial charge in [-0.05, 0) is 48.7 Å². The second kappa shape index (κ2) is 5.85. The van der Waals surface area contributed by atoms with Crippen molar-refractivity contribution in [3.63, 3.8) is 0 Å². The topological polar surface area (TPSA) is 12.5 Å². The van der Waals surface area contributed by atoms with E-state index in [1.165, 1.54) is 12.1 Å². The minimum absolute atomic E-state index is 0.304. The van der Waals surface area contributed by atoms with Gasteiger partial charge in [0.2, 0.25) is 0 Å². The van der Waals surface area contributed by atoms with E-state index in [-0.39, 0.29) is 6.10 Å². The molecule has 0 aliphatic carbocycles. The lowest BCUT2D eigenvalue weighted by atomic mass is 9.82. The molecule has 0 radical (unpaired) electrons. The molecule has 1 fully saturated rings. The molecular weight excluding hydrogens is 327 g/mol. The van der Waals surface area contributed by atoms with Crippen LogP contribution in [0.4, 0.5) is 13.2 Å². The van der Waals surface area contributed by atoms with Crippen LogP contribution in [0, 0.1) is 0 Å². The summed E-state index contributed by atoms with van der Waals surface area (Å²) in [5.74, 6) is 0. The highest BCUT2D eigenvalue weighted by atomic mass is 19.4. The fourth-order valence-corrected chi connectivity index (χ4v) is 3.95. The van der Waals surface area contributed by atoms with Gasteiger partial charge in [-0.1, -0.05) is 36.4 Å². The normalized spacial score (nSPS) is 23.0. The van der Waals surface area contributed by atoms with Gasteiger partial charge in [0.15, 0.2) is 0 Å². The molecule has 2 aliphatic rings. The van der Waals surface area contributed by atoms with Crippen LogP contribution in [0.1, 0.15) is 41.2 Å². The van der Waals surface area contributed by atoms with E-state index in [1.54, 1.807) is 6.07 Å². The van der Waals surface area contributed by atoms with Gasteiger partial charge in [0, 0.05) is 13.1 Å². The van der Waals surface area contributed by atoms with Crippen molar-refractivity contribution in [1.82, 2.24) is 4.90 Å². The molecule has 0 bridgehead atoms. The molecule has 2 heterocycles. The third kappa shape index (κ3) is 2.85. The number of rotatable bonds is 1. The van der Waals surface area contributed by atoms with Crippen LogP contribution in [0.3, 0.4) is 0 Å². The number of hydrogen-bond donors (Lipinski definition) is 0. The van der Waals surface area contributed by atoms with Crippen molar-refractivity contribution in [2.45, 2.75) is 30.7 Å². The Hall–Kier alpha value is -1.85. The summed E-state index contributed by atoms with van der Waals surface area (Å²) in [6.45, 7) is 1.63. The van der Waals surface area contributed by atoms with Gasteiger partial charge in [-0.2, -0.15) is 13.2 Å². The van der Waals surface area contributed by atoms with E-state index in [9.17, 15) is 13.2 Å². The van der Waals surface area contributed by atoms with Crippen LogP contribution in [0.15, 0.2) is 48.5 Å². The Morgan fingerprint density at radius 3 is 2.36 bits per heavy atom. The number of piperidine rings is 1. The van der Waals surface area contributed by atoms with E-state index in [0.717, 1.165) is 24.2 Å². The Morgan fingerprint density at radius 1 is 1.04 bits per heavy atom. The molecule has 1 atom stereocenters. The van der Waals surface area contributed by atoms with Crippen LogP contribution in [0.25, 0.3) is 0 Å². The molecule has 132 valence electrons. The predicted octanol–water partition coefficient (Wildman–Crippen LogP) is 4.75. The fraction of sp³-hybridized carbons (Fsp3) is 0.400. The second-order valence-electron chi connectivity index (χ2n) is 7.01. The van der Waals surface area contributed by atoms with E-state index in [1.807, 2.05) is 37.4 Å². The van der Waals surface area contributed by atoms with E-state index in [4.69, 9.17) is 4.74 Å². The quantitative estimate of drug-likeness (QED) is 0.738. The first-order valence-electron chi connectivity index (χ1n) is 8.52. The zero-order valence-electron chi connectivity index (χ0n) is 14.0. The Bertz CT molecular complexity index is 764. The lowest BCUT2D eigenvalue weighted by Gasteiger charge is -2.38. The Balaban J connectivity index is 1.82. The monoisotopic (exact) mass is 347 g/mol. The number of fused-ring (bicyclic) bond motifs is 2. The number of ether oxygens (including phenoxy) is 1. The summed E-state index contributed by atoms with van der Waals surface area (Å²) in [5, 5.41) is 0. The third-order valence-corrected chi connectivity index (χ3v) is 5.39. The standard InChI is InChI=1S/C20H20F3NO/c1-24-11-9-19(10-12-24)17-13-15(20(21,22)23)7-8-16(17)18(25-19)14-5-3-2-4-6-14/h2-8,13,18H,9-12H2,1H3.